The number of cyclic esters (lactones) is 1. The Morgan fingerprint density at radius 2 is 1.83 bits per heavy atom. The van der Waals surface area contributed by atoms with E-state index < -0.39 is 11.8 Å². The van der Waals surface area contributed by atoms with Crippen LogP contribution in [0.1, 0.15) is 11.1 Å². The summed E-state index contributed by atoms with van der Waals surface area (Å²) in [6.45, 7) is 0. The van der Waals surface area contributed by atoms with Crippen LogP contribution in [-0.2, 0) is 9.53 Å². The van der Waals surface area contributed by atoms with Gasteiger partial charge in [-0.2, -0.15) is 0 Å². The normalized spacial score (nSPS) is 15.7. The Balaban J connectivity index is 1.78. The van der Waals surface area contributed by atoms with E-state index in [0.717, 1.165) is 11.3 Å². The third-order valence-corrected chi connectivity index (χ3v) is 3.37. The summed E-state index contributed by atoms with van der Waals surface area (Å²) in [5, 5.41) is 0. The highest BCUT2D eigenvalue weighted by atomic mass is 19.1. The highest BCUT2D eigenvalue weighted by Gasteiger charge is 2.21. The van der Waals surface area contributed by atoms with Crippen LogP contribution in [0, 0.1) is 5.82 Å². The summed E-state index contributed by atoms with van der Waals surface area (Å²) in [6, 6.07) is 13.5. The molecule has 0 aromatic heterocycles. The lowest BCUT2D eigenvalue weighted by Crippen LogP contribution is -2.01. The molecule has 2 aromatic carbocycles. The monoisotopic (exact) mass is 323 g/mol. The molecule has 2 aromatic rings. The maximum absolute atomic E-state index is 13.6. The molecule has 0 fully saturated rings. The van der Waals surface area contributed by atoms with Crippen molar-refractivity contribution in [1.29, 1.82) is 0 Å². The van der Waals surface area contributed by atoms with Crippen molar-refractivity contribution in [2.75, 3.05) is 7.11 Å². The molecule has 4 nitrogen and oxygen atoms in total. The van der Waals surface area contributed by atoms with E-state index in [1.165, 1.54) is 12.1 Å². The van der Waals surface area contributed by atoms with Gasteiger partial charge in [-0.1, -0.05) is 30.3 Å². The van der Waals surface area contributed by atoms with Gasteiger partial charge in [-0.05, 0) is 35.9 Å². The van der Waals surface area contributed by atoms with Gasteiger partial charge in [-0.25, -0.2) is 14.2 Å². The third-order valence-electron chi connectivity index (χ3n) is 3.37. The number of halogens is 1. The molecular formula is C19H14FNO3. The highest BCUT2D eigenvalue weighted by Crippen LogP contribution is 2.18. The second-order valence-electron chi connectivity index (χ2n) is 5.00. The smallest absolute Gasteiger partial charge is 0.363 e. The number of hydrogen-bond donors (Lipinski definition) is 0. The van der Waals surface area contributed by atoms with Crippen molar-refractivity contribution in [3.05, 3.63) is 77.2 Å². The van der Waals surface area contributed by atoms with Gasteiger partial charge in [-0.3, -0.25) is 0 Å². The minimum absolute atomic E-state index is 0.0643. The van der Waals surface area contributed by atoms with Crippen molar-refractivity contribution >= 4 is 24.0 Å². The number of methoxy groups -OCH3 is 1. The van der Waals surface area contributed by atoms with E-state index in [1.54, 1.807) is 37.5 Å². The van der Waals surface area contributed by atoms with Gasteiger partial charge >= 0.3 is 5.97 Å². The minimum atomic E-state index is -0.604. The van der Waals surface area contributed by atoms with Gasteiger partial charge < -0.3 is 9.47 Å². The molecule has 120 valence electrons. The zero-order valence-corrected chi connectivity index (χ0v) is 12.9. The van der Waals surface area contributed by atoms with Crippen LogP contribution in [0.15, 0.2) is 65.3 Å². The van der Waals surface area contributed by atoms with Crippen LogP contribution in [-0.4, -0.2) is 19.0 Å². The van der Waals surface area contributed by atoms with Crippen LogP contribution in [0.2, 0.25) is 0 Å². The molecule has 1 aliphatic rings. The first-order chi connectivity index (χ1) is 11.7. The average Bonchev–Trinajstić information content (AvgIpc) is 2.95. The molecule has 0 saturated carbocycles. The van der Waals surface area contributed by atoms with Crippen molar-refractivity contribution < 1.29 is 18.7 Å². The fraction of sp³-hybridized carbons (Fsp3) is 0.0526. The molecule has 0 atom stereocenters. The molecule has 0 saturated heterocycles. The predicted molar refractivity (Wildman–Crippen MR) is 89.9 cm³/mol. The van der Waals surface area contributed by atoms with E-state index in [4.69, 9.17) is 9.47 Å². The Bertz CT molecular complexity index is 851. The molecule has 3 rings (SSSR count). The molecule has 5 heteroatoms. The Morgan fingerprint density at radius 3 is 2.54 bits per heavy atom. The quantitative estimate of drug-likeness (QED) is 0.634. The number of esters is 1. The molecule has 0 N–H and O–H groups in total. The van der Waals surface area contributed by atoms with E-state index in [-0.39, 0.29) is 17.2 Å². The van der Waals surface area contributed by atoms with Crippen LogP contribution < -0.4 is 4.74 Å². The predicted octanol–water partition coefficient (Wildman–Crippen LogP) is 3.84. The highest BCUT2D eigenvalue weighted by molar-refractivity contribution is 6.11. The number of carbonyl (C=O) groups is 1. The van der Waals surface area contributed by atoms with Gasteiger partial charge in [0.1, 0.15) is 11.6 Å². The molecule has 0 bridgehead atoms. The summed E-state index contributed by atoms with van der Waals surface area (Å²) >= 11 is 0. The Kier molecular flexibility index (Phi) is 4.52. The Morgan fingerprint density at radius 1 is 1.08 bits per heavy atom. The third kappa shape index (κ3) is 3.57. The number of ether oxygens (including phenoxy) is 2. The fourth-order valence-corrected chi connectivity index (χ4v) is 2.12. The molecule has 0 amide bonds. The summed E-state index contributed by atoms with van der Waals surface area (Å²) in [6.07, 6.45) is 4.71. The summed E-state index contributed by atoms with van der Waals surface area (Å²) in [5.41, 5.74) is 1.25. The average molecular weight is 323 g/mol. The summed E-state index contributed by atoms with van der Waals surface area (Å²) in [5.74, 6) is -0.104. The lowest BCUT2D eigenvalue weighted by molar-refractivity contribution is -0.129. The van der Waals surface area contributed by atoms with Crippen LogP contribution in [0.25, 0.3) is 12.2 Å². The fourth-order valence-electron chi connectivity index (χ4n) is 2.12. The van der Waals surface area contributed by atoms with Crippen LogP contribution in [0.4, 0.5) is 4.39 Å². The first-order valence-corrected chi connectivity index (χ1v) is 7.25. The molecule has 0 unspecified atom stereocenters. The second kappa shape index (κ2) is 6.91. The van der Waals surface area contributed by atoms with Crippen LogP contribution in [0.3, 0.4) is 0 Å². The van der Waals surface area contributed by atoms with Crippen LogP contribution in [0.5, 0.6) is 5.75 Å². The summed E-state index contributed by atoms with van der Waals surface area (Å²) in [7, 11) is 1.60. The van der Waals surface area contributed by atoms with Crippen molar-refractivity contribution in [3.63, 3.8) is 0 Å². The molecule has 0 radical (unpaired) electrons. The Labute approximate surface area is 138 Å². The van der Waals surface area contributed by atoms with Gasteiger partial charge in [0.05, 0.1) is 7.11 Å². The van der Waals surface area contributed by atoms with Gasteiger partial charge in [0.15, 0.2) is 5.70 Å². The van der Waals surface area contributed by atoms with Gasteiger partial charge in [0, 0.05) is 11.6 Å². The lowest BCUT2D eigenvalue weighted by Gasteiger charge is -1.98. The van der Waals surface area contributed by atoms with Gasteiger partial charge in [0.2, 0.25) is 5.90 Å². The van der Waals surface area contributed by atoms with E-state index in [1.807, 2.05) is 24.3 Å². The largest absolute Gasteiger partial charge is 0.497 e. The number of nitrogens with zero attached hydrogens (tertiary/aromatic N) is 1. The maximum Gasteiger partial charge on any atom is 0.363 e. The van der Waals surface area contributed by atoms with E-state index in [0.29, 0.717) is 0 Å². The first kappa shape index (κ1) is 15.7. The van der Waals surface area contributed by atoms with E-state index in [9.17, 15) is 9.18 Å². The standard InChI is InChI=1S/C19H14FNO3/c1-23-15-9-6-13(7-10-15)8-11-18-21-17(19(22)24-18)12-14-4-2-3-5-16(14)20/h2-12H,1H3/b11-8+,17-12?. The first-order valence-electron chi connectivity index (χ1n) is 7.25. The Hall–Kier alpha value is -3.21. The van der Waals surface area contributed by atoms with E-state index >= 15 is 0 Å². The van der Waals surface area contributed by atoms with E-state index in [2.05, 4.69) is 4.99 Å². The number of aliphatic imine (C=N–C) groups is 1. The maximum atomic E-state index is 13.6. The van der Waals surface area contributed by atoms with Crippen molar-refractivity contribution in [1.82, 2.24) is 0 Å². The molecule has 24 heavy (non-hydrogen) atoms. The number of rotatable bonds is 4. The zero-order chi connectivity index (χ0) is 16.9. The van der Waals surface area contributed by atoms with Crippen molar-refractivity contribution in [2.24, 2.45) is 4.99 Å². The van der Waals surface area contributed by atoms with Gasteiger partial charge in [-0.15, -0.1) is 0 Å². The number of benzene rings is 2. The summed E-state index contributed by atoms with van der Waals surface area (Å²) < 4.78 is 23.8. The zero-order valence-electron chi connectivity index (χ0n) is 12.9. The lowest BCUT2D eigenvalue weighted by atomic mass is 10.2. The second-order valence-corrected chi connectivity index (χ2v) is 5.00. The van der Waals surface area contributed by atoms with Gasteiger partial charge in [0.25, 0.3) is 0 Å². The molecule has 0 spiro atoms. The SMILES string of the molecule is COc1ccc(/C=C/C2=NC(=Cc3ccccc3F)C(=O)O2)cc1. The van der Waals surface area contributed by atoms with Crippen LogP contribution >= 0.6 is 0 Å². The molecule has 0 aliphatic carbocycles. The van der Waals surface area contributed by atoms with Crippen molar-refractivity contribution in [2.45, 2.75) is 0 Å². The molecule has 1 aliphatic heterocycles. The molecule has 1 heterocycles. The minimum Gasteiger partial charge on any atom is -0.497 e. The number of carbonyl (C=O) groups excluding carboxylic acids is 1. The number of hydrogen-bond acceptors (Lipinski definition) is 4. The summed E-state index contributed by atoms with van der Waals surface area (Å²) in [4.78, 5) is 15.9. The molecular weight excluding hydrogens is 309 g/mol. The topological polar surface area (TPSA) is 47.9 Å². The van der Waals surface area contributed by atoms with Crippen molar-refractivity contribution in [3.8, 4) is 5.75 Å².